The van der Waals surface area contributed by atoms with Crippen molar-refractivity contribution in [3.63, 3.8) is 0 Å². The lowest BCUT2D eigenvalue weighted by Gasteiger charge is -2.22. The van der Waals surface area contributed by atoms with Crippen LogP contribution in [0.2, 0.25) is 0 Å². The third-order valence-corrected chi connectivity index (χ3v) is 4.46. The first kappa shape index (κ1) is 17.7. The highest BCUT2D eigenvalue weighted by Crippen LogP contribution is 2.27. The highest BCUT2D eigenvalue weighted by molar-refractivity contribution is 6.05. The molecule has 0 aliphatic rings. The van der Waals surface area contributed by atoms with Gasteiger partial charge < -0.3 is 9.64 Å². The van der Waals surface area contributed by atoms with Gasteiger partial charge >= 0.3 is 5.97 Å². The summed E-state index contributed by atoms with van der Waals surface area (Å²) in [6, 6.07) is 18.5. The summed E-state index contributed by atoms with van der Waals surface area (Å²) in [6.45, 7) is 5.76. The van der Waals surface area contributed by atoms with Gasteiger partial charge in [-0.3, -0.25) is 4.79 Å². The number of aldehydes is 1. The molecule has 0 unspecified atom stereocenters. The van der Waals surface area contributed by atoms with Crippen LogP contribution < -0.4 is 9.64 Å². The topological polar surface area (TPSA) is 46.6 Å². The summed E-state index contributed by atoms with van der Waals surface area (Å²) >= 11 is 0. The average Bonchev–Trinajstić information content (AvgIpc) is 2.68. The van der Waals surface area contributed by atoms with E-state index in [1.54, 1.807) is 18.2 Å². The summed E-state index contributed by atoms with van der Waals surface area (Å²) in [4.78, 5) is 26.3. The standard InChI is InChI=1S/C22H21NO3/c1-3-23(4-2)18-13-12-17(15-24)21(14-18)26-22(25)20-11-7-9-16-8-5-6-10-19(16)20/h5-15H,3-4H2,1-2H3. The van der Waals surface area contributed by atoms with Crippen LogP contribution in [0.5, 0.6) is 5.75 Å². The Labute approximate surface area is 153 Å². The maximum Gasteiger partial charge on any atom is 0.344 e. The van der Waals surface area contributed by atoms with Gasteiger partial charge in [-0.05, 0) is 42.8 Å². The van der Waals surface area contributed by atoms with Crippen LogP contribution in [0, 0.1) is 0 Å². The fraction of sp³-hybridized carbons (Fsp3) is 0.182. The number of benzene rings is 3. The Morgan fingerprint density at radius 1 is 1.00 bits per heavy atom. The second-order valence-corrected chi connectivity index (χ2v) is 5.93. The molecule has 3 rings (SSSR count). The molecule has 4 heteroatoms. The molecule has 0 saturated heterocycles. The monoisotopic (exact) mass is 347 g/mol. The molecule has 0 saturated carbocycles. The summed E-state index contributed by atoms with van der Waals surface area (Å²) in [5.74, 6) is -0.191. The van der Waals surface area contributed by atoms with Crippen molar-refractivity contribution >= 4 is 28.7 Å². The number of esters is 1. The van der Waals surface area contributed by atoms with Crippen molar-refractivity contribution in [3.8, 4) is 5.75 Å². The maximum absolute atomic E-state index is 12.8. The van der Waals surface area contributed by atoms with Crippen molar-refractivity contribution in [2.75, 3.05) is 18.0 Å². The van der Waals surface area contributed by atoms with Gasteiger partial charge in [-0.25, -0.2) is 4.79 Å². The van der Waals surface area contributed by atoms with Crippen molar-refractivity contribution in [2.24, 2.45) is 0 Å². The number of nitrogens with zero attached hydrogens (tertiary/aromatic N) is 1. The predicted octanol–water partition coefficient (Wildman–Crippen LogP) is 4.72. The average molecular weight is 347 g/mol. The predicted molar refractivity (Wildman–Crippen MR) is 104 cm³/mol. The summed E-state index contributed by atoms with van der Waals surface area (Å²) in [5, 5.41) is 1.79. The first-order valence-corrected chi connectivity index (χ1v) is 8.72. The largest absolute Gasteiger partial charge is 0.422 e. The minimum atomic E-state index is -0.471. The third kappa shape index (κ3) is 3.45. The van der Waals surface area contributed by atoms with Gasteiger partial charge in [0.1, 0.15) is 5.75 Å². The van der Waals surface area contributed by atoms with Crippen LogP contribution in [0.1, 0.15) is 34.6 Å². The van der Waals surface area contributed by atoms with Gasteiger partial charge in [0.15, 0.2) is 6.29 Å². The van der Waals surface area contributed by atoms with E-state index in [1.807, 2.05) is 42.5 Å². The smallest absolute Gasteiger partial charge is 0.344 e. The molecule has 0 amide bonds. The van der Waals surface area contributed by atoms with Crippen molar-refractivity contribution in [3.05, 3.63) is 71.8 Å². The number of fused-ring (bicyclic) bond motifs is 1. The highest BCUT2D eigenvalue weighted by atomic mass is 16.5. The molecule has 0 aliphatic carbocycles. The molecule has 26 heavy (non-hydrogen) atoms. The summed E-state index contributed by atoms with van der Waals surface area (Å²) in [5.41, 5.74) is 1.75. The van der Waals surface area contributed by atoms with E-state index in [0.29, 0.717) is 17.4 Å². The summed E-state index contributed by atoms with van der Waals surface area (Å²) in [6.07, 6.45) is 0.706. The van der Waals surface area contributed by atoms with E-state index < -0.39 is 5.97 Å². The van der Waals surface area contributed by atoms with Crippen molar-refractivity contribution in [2.45, 2.75) is 13.8 Å². The summed E-state index contributed by atoms with van der Waals surface area (Å²) in [7, 11) is 0. The molecule has 0 atom stereocenters. The van der Waals surface area contributed by atoms with E-state index in [2.05, 4.69) is 18.7 Å². The Morgan fingerprint density at radius 3 is 2.46 bits per heavy atom. The molecular weight excluding hydrogens is 326 g/mol. The van der Waals surface area contributed by atoms with Crippen LogP contribution in [0.3, 0.4) is 0 Å². The van der Waals surface area contributed by atoms with Crippen LogP contribution >= 0.6 is 0 Å². The zero-order chi connectivity index (χ0) is 18.5. The van der Waals surface area contributed by atoms with E-state index in [9.17, 15) is 9.59 Å². The van der Waals surface area contributed by atoms with Gasteiger partial charge in [-0.1, -0.05) is 36.4 Å². The lowest BCUT2D eigenvalue weighted by Crippen LogP contribution is -2.22. The zero-order valence-electron chi connectivity index (χ0n) is 14.9. The van der Waals surface area contributed by atoms with E-state index in [0.717, 1.165) is 29.5 Å². The zero-order valence-corrected chi connectivity index (χ0v) is 14.9. The first-order chi connectivity index (χ1) is 12.7. The third-order valence-electron chi connectivity index (χ3n) is 4.46. The summed E-state index contributed by atoms with van der Waals surface area (Å²) < 4.78 is 5.61. The second kappa shape index (κ2) is 7.83. The van der Waals surface area contributed by atoms with E-state index in [-0.39, 0.29) is 5.75 Å². The highest BCUT2D eigenvalue weighted by Gasteiger charge is 2.16. The number of hydrogen-bond acceptors (Lipinski definition) is 4. The van der Waals surface area contributed by atoms with Crippen molar-refractivity contribution in [1.29, 1.82) is 0 Å². The fourth-order valence-corrected chi connectivity index (χ4v) is 3.05. The van der Waals surface area contributed by atoms with E-state index in [4.69, 9.17) is 4.74 Å². The molecule has 3 aromatic carbocycles. The Bertz CT molecular complexity index is 940. The Morgan fingerprint density at radius 2 is 1.73 bits per heavy atom. The number of hydrogen-bond donors (Lipinski definition) is 0. The number of ether oxygens (including phenoxy) is 1. The molecular formula is C22H21NO3. The van der Waals surface area contributed by atoms with Gasteiger partial charge in [0.25, 0.3) is 0 Å². The second-order valence-electron chi connectivity index (χ2n) is 5.93. The molecule has 0 bridgehead atoms. The normalized spacial score (nSPS) is 10.5. The van der Waals surface area contributed by atoms with Gasteiger partial charge in [-0.2, -0.15) is 0 Å². The molecule has 0 aliphatic heterocycles. The lowest BCUT2D eigenvalue weighted by atomic mass is 10.0. The molecule has 4 nitrogen and oxygen atoms in total. The lowest BCUT2D eigenvalue weighted by molar-refractivity contribution is 0.0735. The van der Waals surface area contributed by atoms with Gasteiger partial charge in [0.05, 0.1) is 11.1 Å². The Kier molecular flexibility index (Phi) is 5.32. The van der Waals surface area contributed by atoms with Crippen LogP contribution in [-0.2, 0) is 0 Å². The van der Waals surface area contributed by atoms with Gasteiger partial charge in [0.2, 0.25) is 0 Å². The molecule has 0 N–H and O–H groups in total. The molecule has 3 aromatic rings. The molecule has 0 fully saturated rings. The minimum absolute atomic E-state index is 0.280. The number of carbonyl (C=O) groups is 2. The van der Waals surface area contributed by atoms with Crippen LogP contribution in [-0.4, -0.2) is 25.3 Å². The number of carbonyl (C=O) groups excluding carboxylic acids is 2. The van der Waals surface area contributed by atoms with Gasteiger partial charge in [0, 0.05) is 24.8 Å². The van der Waals surface area contributed by atoms with Gasteiger partial charge in [-0.15, -0.1) is 0 Å². The molecule has 0 radical (unpaired) electrons. The first-order valence-electron chi connectivity index (χ1n) is 8.72. The quantitative estimate of drug-likeness (QED) is 0.368. The van der Waals surface area contributed by atoms with Crippen LogP contribution in [0.15, 0.2) is 60.7 Å². The fourth-order valence-electron chi connectivity index (χ4n) is 3.05. The molecule has 132 valence electrons. The van der Waals surface area contributed by atoms with Crippen molar-refractivity contribution in [1.82, 2.24) is 0 Å². The van der Waals surface area contributed by atoms with Crippen LogP contribution in [0.4, 0.5) is 5.69 Å². The SMILES string of the molecule is CCN(CC)c1ccc(C=O)c(OC(=O)c2cccc3ccccc23)c1. The minimum Gasteiger partial charge on any atom is -0.422 e. The molecule has 0 heterocycles. The maximum atomic E-state index is 12.8. The van der Waals surface area contributed by atoms with Crippen LogP contribution in [0.25, 0.3) is 10.8 Å². The van der Waals surface area contributed by atoms with Crippen molar-refractivity contribution < 1.29 is 14.3 Å². The molecule has 0 aromatic heterocycles. The Balaban J connectivity index is 1.98. The van der Waals surface area contributed by atoms with E-state index in [1.165, 1.54) is 0 Å². The molecule has 0 spiro atoms. The number of anilines is 1. The number of rotatable bonds is 6. The Hall–Kier alpha value is -3.14. The van der Waals surface area contributed by atoms with E-state index >= 15 is 0 Å².